The fourth-order valence-corrected chi connectivity index (χ4v) is 6.22. The Bertz CT molecular complexity index is 1420. The van der Waals surface area contributed by atoms with E-state index >= 15 is 0 Å². The van der Waals surface area contributed by atoms with Crippen molar-refractivity contribution in [3.63, 3.8) is 0 Å². The molecule has 6 nitrogen and oxygen atoms in total. The van der Waals surface area contributed by atoms with Crippen LogP contribution in [0.5, 0.6) is 0 Å². The molecular weight excluding hydrogens is 503 g/mol. The van der Waals surface area contributed by atoms with Gasteiger partial charge in [0.05, 0.1) is 5.41 Å². The van der Waals surface area contributed by atoms with Crippen molar-refractivity contribution in [1.82, 2.24) is 14.7 Å². The van der Waals surface area contributed by atoms with Crippen LogP contribution in [-0.2, 0) is 16.8 Å². The highest BCUT2D eigenvalue weighted by molar-refractivity contribution is 7.99. The van der Waals surface area contributed by atoms with Crippen LogP contribution in [0.15, 0.2) is 52.0 Å². The van der Waals surface area contributed by atoms with E-state index in [1.807, 2.05) is 16.8 Å². The second-order valence-corrected chi connectivity index (χ2v) is 11.4. The summed E-state index contributed by atoms with van der Waals surface area (Å²) in [6, 6.07) is 11.8. The van der Waals surface area contributed by atoms with Crippen molar-refractivity contribution in [3.8, 4) is 0 Å². The first-order valence-corrected chi connectivity index (χ1v) is 13.6. The summed E-state index contributed by atoms with van der Waals surface area (Å²) >= 11 is 15.2. The summed E-state index contributed by atoms with van der Waals surface area (Å²) in [5.41, 5.74) is 1.98. The van der Waals surface area contributed by atoms with Gasteiger partial charge in [-0.05, 0) is 67.8 Å². The Morgan fingerprint density at radius 2 is 1.97 bits per heavy atom. The van der Waals surface area contributed by atoms with Crippen LogP contribution >= 0.6 is 35.0 Å². The van der Waals surface area contributed by atoms with Crippen LogP contribution in [0.1, 0.15) is 55.8 Å². The molecule has 6 rings (SSSR count). The molecule has 35 heavy (non-hydrogen) atoms. The lowest BCUT2D eigenvalue weighted by molar-refractivity contribution is -0.116. The van der Waals surface area contributed by atoms with Gasteiger partial charge in [0.25, 0.3) is 0 Å². The van der Waals surface area contributed by atoms with Crippen molar-refractivity contribution in [2.75, 3.05) is 11.1 Å². The van der Waals surface area contributed by atoms with Gasteiger partial charge in [-0.2, -0.15) is 4.98 Å². The summed E-state index contributed by atoms with van der Waals surface area (Å²) < 4.78 is 7.42. The van der Waals surface area contributed by atoms with Crippen molar-refractivity contribution < 1.29 is 9.32 Å². The Balaban J connectivity index is 1.19. The van der Waals surface area contributed by atoms with Crippen molar-refractivity contribution in [1.29, 1.82) is 0 Å². The molecule has 2 aromatic carbocycles. The lowest BCUT2D eigenvalue weighted by Crippen LogP contribution is -2.19. The molecule has 0 spiro atoms. The lowest BCUT2D eigenvalue weighted by atomic mass is 9.94. The van der Waals surface area contributed by atoms with Crippen molar-refractivity contribution in [3.05, 3.63) is 69.9 Å². The van der Waals surface area contributed by atoms with Crippen LogP contribution in [0.25, 0.3) is 10.9 Å². The first kappa shape index (κ1) is 23.0. The van der Waals surface area contributed by atoms with Gasteiger partial charge in [-0.15, -0.1) is 11.8 Å². The maximum atomic E-state index is 12.8. The number of anilines is 1. The average Bonchev–Trinajstić information content (AvgIpc) is 3.74. The summed E-state index contributed by atoms with van der Waals surface area (Å²) in [5, 5.41) is 9.30. The average molecular weight is 527 g/mol. The lowest BCUT2D eigenvalue weighted by Gasteiger charge is -2.17. The van der Waals surface area contributed by atoms with Crippen LogP contribution in [0.4, 0.5) is 5.69 Å². The predicted molar refractivity (Wildman–Crippen MR) is 140 cm³/mol. The largest absolute Gasteiger partial charge is 0.339 e. The zero-order chi connectivity index (χ0) is 24.2. The molecule has 0 aliphatic heterocycles. The van der Waals surface area contributed by atoms with Crippen LogP contribution in [0, 0.1) is 0 Å². The van der Waals surface area contributed by atoms with Gasteiger partial charge in [0.1, 0.15) is 6.54 Å². The predicted octanol–water partition coefficient (Wildman–Crippen LogP) is 7.04. The first-order valence-electron chi connectivity index (χ1n) is 11.8. The Kier molecular flexibility index (Phi) is 5.82. The molecule has 0 saturated heterocycles. The van der Waals surface area contributed by atoms with Crippen molar-refractivity contribution in [2.45, 2.75) is 55.4 Å². The Labute approximate surface area is 217 Å². The van der Waals surface area contributed by atoms with Crippen molar-refractivity contribution >= 4 is 57.5 Å². The minimum atomic E-state index is -0.410. The van der Waals surface area contributed by atoms with Gasteiger partial charge < -0.3 is 14.4 Å². The van der Waals surface area contributed by atoms with Gasteiger partial charge in [0.2, 0.25) is 11.8 Å². The summed E-state index contributed by atoms with van der Waals surface area (Å²) in [5.74, 6) is 2.63. The van der Waals surface area contributed by atoms with Gasteiger partial charge in [0, 0.05) is 49.2 Å². The number of fused-ring (bicyclic) bond motifs is 1. The number of carbonyl (C=O) groups excluding carboxylic acids is 1. The molecule has 2 aromatic heterocycles. The van der Waals surface area contributed by atoms with E-state index in [9.17, 15) is 4.79 Å². The van der Waals surface area contributed by atoms with E-state index in [4.69, 9.17) is 27.7 Å². The quantitative estimate of drug-likeness (QED) is 0.249. The van der Waals surface area contributed by atoms with E-state index in [1.165, 1.54) is 4.90 Å². The first-order chi connectivity index (χ1) is 17.0. The number of nitrogens with zero attached hydrogens (tertiary/aromatic N) is 3. The van der Waals surface area contributed by atoms with Gasteiger partial charge >= 0.3 is 0 Å². The Morgan fingerprint density at radius 3 is 2.66 bits per heavy atom. The molecule has 0 bridgehead atoms. The molecule has 0 unspecified atom stereocenters. The number of nitrogens with one attached hydrogen (secondary N) is 1. The number of carbonyl (C=O) groups is 1. The molecule has 9 heteroatoms. The minimum absolute atomic E-state index is 0.150. The Morgan fingerprint density at radius 1 is 1.20 bits per heavy atom. The molecular formula is C26H24Cl2N4O2S. The normalized spacial score (nSPS) is 16.5. The number of halogens is 2. The molecule has 2 heterocycles. The van der Waals surface area contributed by atoms with Gasteiger partial charge in [-0.3, -0.25) is 4.79 Å². The minimum Gasteiger partial charge on any atom is -0.339 e. The number of hydrogen-bond acceptors (Lipinski definition) is 5. The zero-order valence-corrected chi connectivity index (χ0v) is 21.5. The smallest absolute Gasteiger partial charge is 0.244 e. The molecule has 2 aliphatic rings. The number of benzene rings is 2. The number of thioether (sulfide) groups is 1. The highest BCUT2D eigenvalue weighted by atomic mass is 35.5. The highest BCUT2D eigenvalue weighted by Crippen LogP contribution is 2.57. The summed E-state index contributed by atoms with van der Waals surface area (Å²) in [7, 11) is 0. The van der Waals surface area contributed by atoms with Gasteiger partial charge in [-0.25, -0.2) is 0 Å². The molecule has 180 valence electrons. The van der Waals surface area contributed by atoms with E-state index in [1.54, 1.807) is 23.9 Å². The van der Waals surface area contributed by atoms with Gasteiger partial charge in [-0.1, -0.05) is 35.3 Å². The number of amides is 1. The van der Waals surface area contributed by atoms with E-state index in [0.717, 1.165) is 47.9 Å². The maximum Gasteiger partial charge on any atom is 0.244 e. The van der Waals surface area contributed by atoms with Crippen LogP contribution in [0.3, 0.4) is 0 Å². The number of aromatic nitrogens is 3. The van der Waals surface area contributed by atoms with E-state index in [0.29, 0.717) is 33.4 Å². The van der Waals surface area contributed by atoms with E-state index in [-0.39, 0.29) is 12.5 Å². The summed E-state index contributed by atoms with van der Waals surface area (Å²) in [6.07, 6.45) is 5.86. The second-order valence-electron chi connectivity index (χ2n) is 9.27. The molecule has 0 atom stereocenters. The van der Waals surface area contributed by atoms with Crippen LogP contribution in [0.2, 0.25) is 10.0 Å². The highest BCUT2D eigenvalue weighted by Gasteiger charge is 2.53. The van der Waals surface area contributed by atoms with Crippen molar-refractivity contribution in [2.24, 2.45) is 0 Å². The summed E-state index contributed by atoms with van der Waals surface area (Å²) in [6.45, 7) is 2.33. The number of hydrogen-bond donors (Lipinski definition) is 1. The molecule has 0 radical (unpaired) electrons. The Hall–Kier alpha value is -2.48. The molecule has 2 saturated carbocycles. The third-order valence-electron chi connectivity index (χ3n) is 6.72. The third kappa shape index (κ3) is 4.34. The molecule has 2 fully saturated rings. The monoisotopic (exact) mass is 526 g/mol. The maximum absolute atomic E-state index is 12.8. The van der Waals surface area contributed by atoms with Crippen LogP contribution in [-0.4, -0.2) is 26.4 Å². The standard InChI is InChI=1S/C26H24Cl2N4O2S/c1-2-35-18-5-6-21-16(11-18)7-10-32(21)14-22(33)29-17-12-19(27)23(20(28)13-17)26(8-9-26)25-30-24(34-31-25)15-3-4-15/h5-7,10-13,15H,2-4,8-9,14H2,1H3,(H,29,33). The second kappa shape index (κ2) is 8.87. The van der Waals surface area contributed by atoms with E-state index < -0.39 is 5.41 Å². The molecule has 1 N–H and O–H groups in total. The van der Waals surface area contributed by atoms with Crippen LogP contribution < -0.4 is 5.32 Å². The molecule has 2 aliphatic carbocycles. The topological polar surface area (TPSA) is 73.0 Å². The third-order valence-corrected chi connectivity index (χ3v) is 8.19. The zero-order valence-electron chi connectivity index (χ0n) is 19.2. The fourth-order valence-electron chi connectivity index (χ4n) is 4.67. The fraction of sp³-hybridized carbons (Fsp3) is 0.346. The van der Waals surface area contributed by atoms with E-state index in [2.05, 4.69) is 40.6 Å². The molecule has 4 aromatic rings. The summed E-state index contributed by atoms with van der Waals surface area (Å²) in [4.78, 5) is 18.7. The molecule has 1 amide bonds. The SMILES string of the molecule is CCSc1ccc2c(ccn2CC(=O)Nc2cc(Cl)c(C3(c4noc(C5CC5)n4)CC3)c(Cl)c2)c1. The van der Waals surface area contributed by atoms with Gasteiger partial charge in [0.15, 0.2) is 5.82 Å². The number of rotatable bonds is 8.